The Kier molecular flexibility index (Phi) is 8.25. The molecule has 15 heteroatoms. The van der Waals surface area contributed by atoms with Gasteiger partial charge < -0.3 is 14.5 Å². The van der Waals surface area contributed by atoms with E-state index in [0.717, 1.165) is 18.9 Å². The van der Waals surface area contributed by atoms with Gasteiger partial charge in [-0.1, -0.05) is 15.9 Å². The van der Waals surface area contributed by atoms with Crippen LogP contribution in [-0.2, 0) is 19.1 Å². The molecule has 0 saturated heterocycles. The van der Waals surface area contributed by atoms with Gasteiger partial charge in [0, 0.05) is 33.4 Å². The molecule has 1 fully saturated rings. The Bertz CT molecular complexity index is 1870. The van der Waals surface area contributed by atoms with Crippen molar-refractivity contribution in [1.29, 1.82) is 0 Å². The number of alkyl halides is 3. The molecular weight excluding hydrogens is 669 g/mol. The maximum atomic E-state index is 14.2. The molecule has 3 aromatic heterocycles. The van der Waals surface area contributed by atoms with Crippen LogP contribution >= 0.6 is 15.9 Å². The van der Waals surface area contributed by atoms with Gasteiger partial charge in [-0.3, -0.25) is 9.59 Å². The van der Waals surface area contributed by atoms with Gasteiger partial charge in [-0.15, -0.1) is 0 Å². The largest absolute Gasteiger partial charge is 0.487 e. The van der Waals surface area contributed by atoms with Gasteiger partial charge >= 0.3 is 6.18 Å². The first-order valence-corrected chi connectivity index (χ1v) is 15.5. The molecule has 0 bridgehead atoms. The average molecular weight is 702 g/mol. The van der Waals surface area contributed by atoms with Gasteiger partial charge in [-0.2, -0.15) is 18.3 Å². The number of rotatable bonds is 6. The zero-order valence-corrected chi connectivity index (χ0v) is 27.4. The minimum atomic E-state index is -4.64. The van der Waals surface area contributed by atoms with Crippen LogP contribution in [0.5, 0.6) is 5.75 Å². The number of aromatic nitrogens is 6. The normalized spacial score (nSPS) is 19.6. The Labute approximate surface area is 271 Å². The topological polar surface area (TPSA) is 111 Å². The number of carbonyl (C=O) groups is 1. The molecule has 242 valence electrons. The van der Waals surface area contributed by atoms with Crippen molar-refractivity contribution in [2.24, 2.45) is 0 Å². The Morgan fingerprint density at radius 1 is 1.11 bits per heavy atom. The van der Waals surface area contributed by atoms with Crippen LogP contribution in [0, 0.1) is 13.8 Å². The van der Waals surface area contributed by atoms with E-state index < -0.39 is 29.2 Å². The van der Waals surface area contributed by atoms with E-state index in [1.165, 1.54) is 38.7 Å². The van der Waals surface area contributed by atoms with Crippen molar-refractivity contribution in [3.63, 3.8) is 0 Å². The van der Waals surface area contributed by atoms with Gasteiger partial charge in [0.2, 0.25) is 11.9 Å². The summed E-state index contributed by atoms with van der Waals surface area (Å²) in [5.74, 6) is 0.0931. The number of hydrogen-bond donors (Lipinski definition) is 0. The summed E-state index contributed by atoms with van der Waals surface area (Å²) in [6.45, 7) is 5.28. The third-order valence-electron chi connectivity index (χ3n) is 8.49. The first kappa shape index (κ1) is 31.9. The van der Waals surface area contributed by atoms with E-state index >= 15 is 0 Å². The van der Waals surface area contributed by atoms with Crippen LogP contribution in [0.4, 0.5) is 13.2 Å². The third kappa shape index (κ3) is 5.93. The van der Waals surface area contributed by atoms with E-state index in [0.29, 0.717) is 34.4 Å². The van der Waals surface area contributed by atoms with Crippen molar-refractivity contribution in [3.05, 3.63) is 85.3 Å². The molecule has 2 aliphatic rings. The number of nitrogens with zero attached hydrogens (tertiary/aromatic N) is 8. The van der Waals surface area contributed by atoms with Gasteiger partial charge in [-0.05, 0) is 78.4 Å². The highest BCUT2D eigenvalue weighted by Gasteiger charge is 2.37. The minimum Gasteiger partial charge on any atom is -0.487 e. The first-order valence-electron chi connectivity index (χ1n) is 14.7. The van der Waals surface area contributed by atoms with E-state index in [-0.39, 0.29) is 41.0 Å². The quantitative estimate of drug-likeness (QED) is 0.286. The lowest BCUT2D eigenvalue weighted by Crippen LogP contribution is -2.46. The van der Waals surface area contributed by atoms with Gasteiger partial charge in [0.1, 0.15) is 6.10 Å². The highest BCUT2D eigenvalue weighted by molar-refractivity contribution is 9.10. The molecule has 1 aliphatic heterocycles. The molecule has 11 nitrogen and oxygen atoms in total. The number of amides is 1. The summed E-state index contributed by atoms with van der Waals surface area (Å²) in [5, 5.41) is 4.53. The number of hydrogen-bond acceptors (Lipinski definition) is 8. The summed E-state index contributed by atoms with van der Waals surface area (Å²) in [4.78, 5) is 45.0. The van der Waals surface area contributed by atoms with E-state index in [1.807, 2.05) is 34.0 Å². The molecule has 1 saturated carbocycles. The molecule has 0 spiro atoms. The Balaban J connectivity index is 1.36. The van der Waals surface area contributed by atoms with Crippen molar-refractivity contribution in [3.8, 4) is 17.6 Å². The summed E-state index contributed by atoms with van der Waals surface area (Å²) >= 11 is 2.92. The molecule has 6 rings (SSSR count). The molecule has 4 aromatic rings. The van der Waals surface area contributed by atoms with Crippen LogP contribution in [0.25, 0.3) is 11.9 Å². The summed E-state index contributed by atoms with van der Waals surface area (Å²) in [7, 11) is 4.07. The van der Waals surface area contributed by atoms with E-state index in [4.69, 9.17) is 9.72 Å². The number of halogens is 4. The molecular formula is C31H32BrF3N8O3. The van der Waals surface area contributed by atoms with Crippen molar-refractivity contribution >= 4 is 21.8 Å². The number of aryl methyl sites for hydroxylation is 2. The van der Waals surface area contributed by atoms with Crippen LogP contribution in [0.2, 0.25) is 0 Å². The van der Waals surface area contributed by atoms with Gasteiger partial charge in [0.25, 0.3) is 11.5 Å². The van der Waals surface area contributed by atoms with Crippen LogP contribution in [0.3, 0.4) is 0 Å². The molecule has 4 heterocycles. The van der Waals surface area contributed by atoms with Crippen LogP contribution in [-0.4, -0.2) is 77.3 Å². The van der Waals surface area contributed by atoms with E-state index in [1.54, 1.807) is 6.92 Å². The fourth-order valence-corrected chi connectivity index (χ4v) is 6.32. The minimum absolute atomic E-state index is 0.0600. The van der Waals surface area contributed by atoms with Crippen molar-refractivity contribution < 1.29 is 22.7 Å². The second-order valence-corrected chi connectivity index (χ2v) is 12.9. The average Bonchev–Trinajstić information content (AvgIpc) is 3.31. The van der Waals surface area contributed by atoms with Gasteiger partial charge in [0.15, 0.2) is 5.75 Å². The van der Waals surface area contributed by atoms with E-state index in [2.05, 4.69) is 35.9 Å². The van der Waals surface area contributed by atoms with Crippen molar-refractivity contribution in [2.45, 2.75) is 70.9 Å². The second-order valence-electron chi connectivity index (χ2n) is 12.0. The molecule has 0 radical (unpaired) electrons. The molecule has 1 aromatic carbocycles. The lowest BCUT2D eigenvalue weighted by molar-refractivity contribution is -0.138. The standard InChI is InChI=1S/C31H32BrF3N8O3/c1-16-8-18(3)43(39-16)30-38-26-15-41(27(44)19-6-7-25(32)24(10-19)31(33,34)35)17(2)9-23(26)28(45)42(30)29-36-13-22(14-37-29)46-21-11-20(12-21)40(4)5/h6-8,10,13-14,17,20-21H,9,11-12,15H2,1-5H3/t17-,20?,21?/m1/s1. The summed E-state index contributed by atoms with van der Waals surface area (Å²) in [5.41, 5.74) is 0.593. The second kappa shape index (κ2) is 11.9. The monoisotopic (exact) mass is 700 g/mol. The lowest BCUT2D eigenvalue weighted by Gasteiger charge is -2.39. The number of ether oxygens (including phenoxy) is 1. The number of carbonyl (C=O) groups excluding carboxylic acids is 1. The van der Waals surface area contributed by atoms with E-state index in [9.17, 15) is 22.8 Å². The maximum absolute atomic E-state index is 14.2. The zero-order chi connectivity index (χ0) is 33.1. The highest BCUT2D eigenvalue weighted by Crippen LogP contribution is 2.36. The maximum Gasteiger partial charge on any atom is 0.417 e. The first-order chi connectivity index (χ1) is 21.7. The van der Waals surface area contributed by atoms with Gasteiger partial charge in [0.05, 0.1) is 35.9 Å². The molecule has 0 N–H and O–H groups in total. The van der Waals surface area contributed by atoms with Gasteiger partial charge in [-0.25, -0.2) is 24.2 Å². The molecule has 1 amide bonds. The Morgan fingerprint density at radius 2 is 1.80 bits per heavy atom. The van der Waals surface area contributed by atoms with Crippen LogP contribution in [0.1, 0.15) is 58.3 Å². The lowest BCUT2D eigenvalue weighted by atomic mass is 9.88. The molecule has 1 aliphatic carbocycles. The third-order valence-corrected chi connectivity index (χ3v) is 9.18. The predicted molar refractivity (Wildman–Crippen MR) is 165 cm³/mol. The van der Waals surface area contributed by atoms with Crippen LogP contribution < -0.4 is 10.3 Å². The van der Waals surface area contributed by atoms with Crippen molar-refractivity contribution in [2.75, 3.05) is 14.1 Å². The summed E-state index contributed by atoms with van der Waals surface area (Å²) in [6.07, 6.45) is 0.391. The molecule has 46 heavy (non-hydrogen) atoms. The predicted octanol–water partition coefficient (Wildman–Crippen LogP) is 4.66. The fourth-order valence-electron chi connectivity index (χ4n) is 5.85. The smallest absolute Gasteiger partial charge is 0.417 e. The Morgan fingerprint density at radius 3 is 2.41 bits per heavy atom. The molecule has 1 atom stereocenters. The zero-order valence-electron chi connectivity index (χ0n) is 25.8. The number of benzene rings is 1. The SMILES string of the molecule is Cc1cc(C)n(-c2nc3c(c(=O)n2-c2ncc(OC4CC(N(C)C)C4)cn2)C[C@@H](C)N(C(=O)c2ccc(Br)c(C(F)(F)F)c2)C3)n1. The summed E-state index contributed by atoms with van der Waals surface area (Å²) < 4.78 is 49.4. The summed E-state index contributed by atoms with van der Waals surface area (Å²) in [6, 6.07) is 5.17. The highest BCUT2D eigenvalue weighted by atomic mass is 79.9. The fraction of sp³-hybridized carbons (Fsp3) is 0.419. The van der Waals surface area contributed by atoms with Crippen molar-refractivity contribution in [1.82, 2.24) is 39.1 Å². The Hall–Kier alpha value is -4.11. The molecule has 0 unspecified atom stereocenters. The van der Waals surface area contributed by atoms with Crippen LogP contribution in [0.15, 0.2) is 45.9 Å². The number of fused-ring (bicyclic) bond motifs is 1.